The van der Waals surface area contributed by atoms with Gasteiger partial charge in [-0.05, 0) is 38.3 Å². The summed E-state index contributed by atoms with van der Waals surface area (Å²) >= 11 is 0. The molecule has 3 aromatic heterocycles. The van der Waals surface area contributed by atoms with Gasteiger partial charge in [0.1, 0.15) is 18.3 Å². The van der Waals surface area contributed by atoms with Crippen molar-refractivity contribution in [1.82, 2.24) is 29.6 Å². The number of imidazole rings is 1. The lowest BCUT2D eigenvalue weighted by molar-refractivity contribution is -0.0434. The van der Waals surface area contributed by atoms with E-state index in [4.69, 9.17) is 14.2 Å². The summed E-state index contributed by atoms with van der Waals surface area (Å²) in [6, 6.07) is 1.48. The molecule has 5 N–H and O–H groups in total. The van der Waals surface area contributed by atoms with Crippen molar-refractivity contribution in [3.05, 3.63) is 23.8 Å². The first kappa shape index (κ1) is 27.7. The third kappa shape index (κ3) is 5.87. The number of anilines is 2. The third-order valence-electron chi connectivity index (χ3n) is 7.64. The fourth-order valence-electron chi connectivity index (χ4n) is 5.14. The van der Waals surface area contributed by atoms with Crippen LogP contribution in [0.1, 0.15) is 63.8 Å². The Morgan fingerprint density at radius 1 is 1.13 bits per heavy atom. The number of hydrogen-bond acceptors (Lipinski definition) is 12. The maximum atomic E-state index is 11.0. The quantitative estimate of drug-likeness (QED) is 0.237. The number of ether oxygens (including phenoxy) is 1. The summed E-state index contributed by atoms with van der Waals surface area (Å²) < 4.78 is 13.1. The van der Waals surface area contributed by atoms with Crippen molar-refractivity contribution in [3.8, 4) is 0 Å². The van der Waals surface area contributed by atoms with Gasteiger partial charge < -0.3 is 40.1 Å². The standard InChI is InChI=1S/C26H40N8O5/c1-4-16-12-18(39-32-16)22-20(36)21(37)25(38-22)34-14-28-19-23(29-17(13-35)15(2)3)30-26(31-24(19)34)27-8-11-33-9-6-5-7-10-33/h12,14-15,17,20-22,25,35-37H,4-11,13H2,1-3H3,(H2,27,29,30,31). The number of aromatic nitrogens is 5. The fraction of sp³-hybridized carbons (Fsp3) is 0.692. The molecule has 5 rings (SSSR count). The van der Waals surface area contributed by atoms with Gasteiger partial charge in [0, 0.05) is 19.2 Å². The van der Waals surface area contributed by atoms with Crippen LogP contribution in [-0.4, -0.2) is 95.9 Å². The maximum Gasteiger partial charge on any atom is 0.226 e. The van der Waals surface area contributed by atoms with Crippen molar-refractivity contribution in [2.24, 2.45) is 5.92 Å². The molecule has 0 radical (unpaired) electrons. The lowest BCUT2D eigenvalue weighted by Gasteiger charge is -2.26. The number of likely N-dealkylation sites (tertiary alicyclic amines) is 1. The molecule has 5 heterocycles. The molecule has 0 bridgehead atoms. The van der Waals surface area contributed by atoms with Crippen molar-refractivity contribution < 1.29 is 24.6 Å². The molecular weight excluding hydrogens is 504 g/mol. The zero-order valence-corrected chi connectivity index (χ0v) is 22.8. The van der Waals surface area contributed by atoms with E-state index in [0.29, 0.717) is 41.7 Å². The van der Waals surface area contributed by atoms with E-state index in [1.807, 2.05) is 20.8 Å². The second kappa shape index (κ2) is 12.1. The van der Waals surface area contributed by atoms with E-state index in [-0.39, 0.29) is 18.6 Å². The first-order valence-corrected chi connectivity index (χ1v) is 13.9. The molecule has 0 aromatic carbocycles. The smallest absolute Gasteiger partial charge is 0.226 e. The van der Waals surface area contributed by atoms with Crippen LogP contribution in [0.4, 0.5) is 11.8 Å². The van der Waals surface area contributed by atoms with E-state index in [1.54, 1.807) is 10.6 Å². The minimum Gasteiger partial charge on any atom is -0.394 e. The van der Waals surface area contributed by atoms with Crippen LogP contribution in [-0.2, 0) is 11.2 Å². The Kier molecular flexibility index (Phi) is 8.62. The van der Waals surface area contributed by atoms with Gasteiger partial charge in [0.25, 0.3) is 0 Å². The predicted octanol–water partition coefficient (Wildman–Crippen LogP) is 1.70. The van der Waals surface area contributed by atoms with Crippen molar-refractivity contribution in [1.29, 1.82) is 0 Å². The Hall–Kier alpha value is -2.84. The molecule has 2 saturated heterocycles. The summed E-state index contributed by atoms with van der Waals surface area (Å²) in [5, 5.41) is 42.3. The third-order valence-corrected chi connectivity index (χ3v) is 7.64. The van der Waals surface area contributed by atoms with Crippen LogP contribution in [0.15, 0.2) is 16.9 Å². The van der Waals surface area contributed by atoms with Crippen LogP contribution in [0, 0.1) is 5.92 Å². The van der Waals surface area contributed by atoms with Gasteiger partial charge >= 0.3 is 0 Å². The second-order valence-electron chi connectivity index (χ2n) is 10.7. The van der Waals surface area contributed by atoms with Crippen molar-refractivity contribution in [3.63, 3.8) is 0 Å². The highest BCUT2D eigenvalue weighted by Gasteiger charge is 2.47. The minimum absolute atomic E-state index is 0.0726. The lowest BCUT2D eigenvalue weighted by atomic mass is 10.1. The summed E-state index contributed by atoms with van der Waals surface area (Å²) in [6.45, 7) is 9.65. The summed E-state index contributed by atoms with van der Waals surface area (Å²) in [7, 11) is 0. The lowest BCUT2D eigenvalue weighted by Crippen LogP contribution is -2.34. The molecule has 2 aliphatic rings. The van der Waals surface area contributed by atoms with Crippen LogP contribution in [0.2, 0.25) is 0 Å². The van der Waals surface area contributed by atoms with Gasteiger partial charge in [0.2, 0.25) is 5.95 Å². The molecule has 0 saturated carbocycles. The van der Waals surface area contributed by atoms with Gasteiger partial charge in [-0.2, -0.15) is 9.97 Å². The zero-order chi connectivity index (χ0) is 27.5. The molecule has 5 unspecified atom stereocenters. The van der Waals surface area contributed by atoms with Crippen molar-refractivity contribution in [2.75, 3.05) is 43.4 Å². The monoisotopic (exact) mass is 544 g/mol. The SMILES string of the molecule is CCc1cc(C2OC(n3cnc4c(NC(CO)C(C)C)nc(NCCN5CCCCC5)nc43)C(O)C2O)on1. The van der Waals surface area contributed by atoms with Gasteiger partial charge in [-0.25, -0.2) is 4.98 Å². The molecule has 0 aliphatic carbocycles. The Morgan fingerprint density at radius 2 is 1.92 bits per heavy atom. The fourth-order valence-corrected chi connectivity index (χ4v) is 5.14. The number of aliphatic hydroxyl groups is 3. The van der Waals surface area contributed by atoms with Crippen LogP contribution in [0.5, 0.6) is 0 Å². The van der Waals surface area contributed by atoms with Crippen LogP contribution >= 0.6 is 0 Å². The second-order valence-corrected chi connectivity index (χ2v) is 10.7. The molecule has 0 amide bonds. The molecule has 2 fully saturated rings. The molecule has 214 valence electrons. The molecular formula is C26H40N8O5. The molecule has 0 spiro atoms. The Bertz CT molecular complexity index is 1230. The van der Waals surface area contributed by atoms with Crippen molar-refractivity contribution in [2.45, 2.75) is 77.0 Å². The molecule has 13 heteroatoms. The average molecular weight is 545 g/mol. The highest BCUT2D eigenvalue weighted by Crippen LogP contribution is 2.40. The Labute approximate surface area is 227 Å². The van der Waals surface area contributed by atoms with Crippen molar-refractivity contribution >= 4 is 22.9 Å². The summed E-state index contributed by atoms with van der Waals surface area (Å²) in [5.74, 6) is 1.37. The van der Waals surface area contributed by atoms with E-state index < -0.39 is 24.5 Å². The Balaban J connectivity index is 1.43. The molecule has 3 aromatic rings. The van der Waals surface area contributed by atoms with E-state index in [0.717, 1.165) is 25.3 Å². The molecule has 13 nitrogen and oxygen atoms in total. The van der Waals surface area contributed by atoms with Crippen LogP contribution in [0.3, 0.4) is 0 Å². The largest absolute Gasteiger partial charge is 0.394 e. The topological polar surface area (TPSA) is 167 Å². The van der Waals surface area contributed by atoms with Gasteiger partial charge in [-0.1, -0.05) is 32.3 Å². The van der Waals surface area contributed by atoms with E-state index in [9.17, 15) is 15.3 Å². The first-order valence-electron chi connectivity index (χ1n) is 13.9. The zero-order valence-electron chi connectivity index (χ0n) is 22.8. The average Bonchev–Trinajstić information content (AvgIpc) is 3.66. The summed E-state index contributed by atoms with van der Waals surface area (Å²) in [6.07, 6.45) is 1.57. The molecule has 2 aliphatic heterocycles. The van der Waals surface area contributed by atoms with Crippen LogP contribution in [0.25, 0.3) is 11.2 Å². The molecule has 39 heavy (non-hydrogen) atoms. The minimum atomic E-state index is -1.26. The predicted molar refractivity (Wildman–Crippen MR) is 144 cm³/mol. The highest BCUT2D eigenvalue weighted by atomic mass is 16.6. The van der Waals surface area contributed by atoms with Gasteiger partial charge in [-0.15, -0.1) is 0 Å². The number of hydrogen-bond donors (Lipinski definition) is 5. The summed E-state index contributed by atoms with van der Waals surface area (Å²) in [4.78, 5) is 16.4. The van der Waals surface area contributed by atoms with E-state index in [1.165, 1.54) is 25.6 Å². The number of fused-ring (bicyclic) bond motifs is 1. The molecule has 5 atom stereocenters. The van der Waals surface area contributed by atoms with Gasteiger partial charge in [0.15, 0.2) is 29.0 Å². The van der Waals surface area contributed by atoms with Gasteiger partial charge in [-0.3, -0.25) is 4.57 Å². The summed E-state index contributed by atoms with van der Waals surface area (Å²) in [5.41, 5.74) is 1.63. The first-order chi connectivity index (χ1) is 18.9. The highest BCUT2D eigenvalue weighted by molar-refractivity contribution is 5.84. The van der Waals surface area contributed by atoms with E-state index >= 15 is 0 Å². The van der Waals surface area contributed by atoms with E-state index in [2.05, 4.69) is 30.7 Å². The Morgan fingerprint density at radius 3 is 2.62 bits per heavy atom. The number of aryl methyl sites for hydroxylation is 1. The number of nitrogens with zero attached hydrogens (tertiary/aromatic N) is 6. The number of rotatable bonds is 11. The number of nitrogens with one attached hydrogen (secondary N) is 2. The van der Waals surface area contributed by atoms with Gasteiger partial charge in [0.05, 0.1) is 24.7 Å². The van der Waals surface area contributed by atoms with Crippen LogP contribution < -0.4 is 10.6 Å². The number of aliphatic hydroxyl groups excluding tert-OH is 3. The number of piperidine rings is 1. The normalized spacial score (nSPS) is 25.0. The maximum absolute atomic E-state index is 11.0.